The molecule has 2 rings (SSSR count). The van der Waals surface area contributed by atoms with E-state index in [0.29, 0.717) is 18.0 Å². The number of aromatic nitrogens is 2. The summed E-state index contributed by atoms with van der Waals surface area (Å²) in [4.78, 5) is 19.5. The fraction of sp³-hybridized carbons (Fsp3) is 0.545. The highest BCUT2D eigenvalue weighted by Gasteiger charge is 2.19. The number of Topliss-reactive ketones (excluding diaryl/α,β-unsaturated/α-hetero) is 1. The summed E-state index contributed by atoms with van der Waals surface area (Å²) >= 11 is 0. The summed E-state index contributed by atoms with van der Waals surface area (Å²) in [6.07, 6.45) is 8.69. The van der Waals surface area contributed by atoms with Crippen molar-refractivity contribution in [3.8, 4) is 0 Å². The number of carbonyl (C=O) groups excluding carboxylic acids is 1. The Morgan fingerprint density at radius 3 is 2.86 bits per heavy atom. The molecule has 1 aliphatic carbocycles. The number of hydrogen-bond acceptors (Lipinski definition) is 3. The molecule has 0 radical (unpaired) electrons. The van der Waals surface area contributed by atoms with E-state index < -0.39 is 0 Å². The fourth-order valence-electron chi connectivity index (χ4n) is 2.04. The van der Waals surface area contributed by atoms with Crippen molar-refractivity contribution in [2.75, 3.05) is 0 Å². The minimum Gasteiger partial charge on any atom is -0.292 e. The van der Waals surface area contributed by atoms with Crippen molar-refractivity contribution in [2.24, 2.45) is 5.92 Å². The van der Waals surface area contributed by atoms with Crippen LogP contribution in [0.2, 0.25) is 0 Å². The molecule has 0 unspecified atom stereocenters. The molecule has 0 bridgehead atoms. The second-order valence-corrected chi connectivity index (χ2v) is 3.87. The van der Waals surface area contributed by atoms with E-state index in [0.717, 1.165) is 0 Å². The van der Waals surface area contributed by atoms with Crippen LogP contribution < -0.4 is 0 Å². The molecule has 3 heteroatoms. The molecule has 1 aromatic heterocycles. The van der Waals surface area contributed by atoms with Crippen LogP contribution in [0.4, 0.5) is 0 Å². The van der Waals surface area contributed by atoms with E-state index in [-0.39, 0.29) is 5.78 Å². The number of nitrogens with zero attached hydrogens (tertiary/aromatic N) is 2. The normalized spacial score (nSPS) is 17.1. The molecule has 0 aromatic carbocycles. The SMILES string of the molecule is O=C(CC1CCCC1)c1ccncn1. The van der Waals surface area contributed by atoms with Crippen LogP contribution in [0.15, 0.2) is 18.6 Å². The first kappa shape index (κ1) is 9.31. The average molecular weight is 190 g/mol. The molecular formula is C11H14N2O. The van der Waals surface area contributed by atoms with Crippen LogP contribution in [-0.2, 0) is 0 Å². The second-order valence-electron chi connectivity index (χ2n) is 3.87. The second kappa shape index (κ2) is 4.31. The molecule has 1 fully saturated rings. The van der Waals surface area contributed by atoms with Crippen molar-refractivity contribution in [3.63, 3.8) is 0 Å². The van der Waals surface area contributed by atoms with Gasteiger partial charge in [0.25, 0.3) is 0 Å². The van der Waals surface area contributed by atoms with Gasteiger partial charge >= 0.3 is 0 Å². The highest BCUT2D eigenvalue weighted by atomic mass is 16.1. The molecule has 0 atom stereocenters. The minimum atomic E-state index is 0.166. The van der Waals surface area contributed by atoms with E-state index in [1.54, 1.807) is 12.3 Å². The Morgan fingerprint density at radius 1 is 1.43 bits per heavy atom. The van der Waals surface area contributed by atoms with Crippen LogP contribution >= 0.6 is 0 Å². The largest absolute Gasteiger partial charge is 0.292 e. The number of ketones is 1. The summed E-state index contributed by atoms with van der Waals surface area (Å²) in [6.45, 7) is 0. The molecule has 74 valence electrons. The highest BCUT2D eigenvalue weighted by molar-refractivity contribution is 5.94. The van der Waals surface area contributed by atoms with Gasteiger partial charge in [-0.05, 0) is 12.0 Å². The lowest BCUT2D eigenvalue weighted by atomic mass is 10.00. The first-order valence-electron chi connectivity index (χ1n) is 5.15. The van der Waals surface area contributed by atoms with Crippen molar-refractivity contribution in [1.82, 2.24) is 9.97 Å². The zero-order valence-corrected chi connectivity index (χ0v) is 8.15. The van der Waals surface area contributed by atoms with Gasteiger partial charge in [0.1, 0.15) is 12.0 Å². The van der Waals surface area contributed by atoms with E-state index in [1.807, 2.05) is 0 Å². The van der Waals surface area contributed by atoms with Gasteiger partial charge in [0.2, 0.25) is 0 Å². The van der Waals surface area contributed by atoms with Crippen molar-refractivity contribution in [2.45, 2.75) is 32.1 Å². The zero-order valence-electron chi connectivity index (χ0n) is 8.15. The lowest BCUT2D eigenvalue weighted by Crippen LogP contribution is -2.07. The molecule has 0 N–H and O–H groups in total. The Hall–Kier alpha value is -1.25. The van der Waals surface area contributed by atoms with Gasteiger partial charge in [-0.2, -0.15) is 0 Å². The topological polar surface area (TPSA) is 42.9 Å². The lowest BCUT2D eigenvalue weighted by Gasteiger charge is -2.06. The van der Waals surface area contributed by atoms with Crippen LogP contribution in [0, 0.1) is 5.92 Å². The van der Waals surface area contributed by atoms with E-state index >= 15 is 0 Å². The van der Waals surface area contributed by atoms with Crippen LogP contribution in [0.5, 0.6) is 0 Å². The molecule has 14 heavy (non-hydrogen) atoms. The van der Waals surface area contributed by atoms with E-state index in [9.17, 15) is 4.79 Å². The van der Waals surface area contributed by atoms with Gasteiger partial charge in [0.05, 0.1) is 0 Å². The van der Waals surface area contributed by atoms with E-state index in [1.165, 1.54) is 32.0 Å². The van der Waals surface area contributed by atoms with Crippen LogP contribution in [-0.4, -0.2) is 15.8 Å². The fourth-order valence-corrected chi connectivity index (χ4v) is 2.04. The standard InChI is InChI=1S/C11H14N2O/c14-11(7-9-3-1-2-4-9)10-5-6-12-8-13-10/h5-6,8-9H,1-4,7H2. The average Bonchev–Trinajstić information content (AvgIpc) is 2.72. The van der Waals surface area contributed by atoms with Gasteiger partial charge in [-0.25, -0.2) is 9.97 Å². The predicted octanol–water partition coefficient (Wildman–Crippen LogP) is 2.24. The lowest BCUT2D eigenvalue weighted by molar-refractivity contribution is 0.0957. The molecule has 0 amide bonds. The maximum Gasteiger partial charge on any atom is 0.181 e. The molecule has 3 nitrogen and oxygen atoms in total. The Balaban J connectivity index is 1.95. The third-order valence-corrected chi connectivity index (χ3v) is 2.82. The first-order valence-corrected chi connectivity index (χ1v) is 5.15. The van der Waals surface area contributed by atoms with E-state index in [4.69, 9.17) is 0 Å². The number of rotatable bonds is 3. The first-order chi connectivity index (χ1) is 6.86. The van der Waals surface area contributed by atoms with E-state index in [2.05, 4.69) is 9.97 Å². The zero-order chi connectivity index (χ0) is 9.80. The van der Waals surface area contributed by atoms with Gasteiger partial charge in [-0.15, -0.1) is 0 Å². The minimum absolute atomic E-state index is 0.166. The number of carbonyl (C=O) groups is 1. The van der Waals surface area contributed by atoms with Gasteiger partial charge in [0, 0.05) is 12.6 Å². The molecule has 1 heterocycles. The van der Waals surface area contributed by atoms with Crippen LogP contribution in [0.1, 0.15) is 42.6 Å². The summed E-state index contributed by atoms with van der Waals surface area (Å²) in [5.41, 5.74) is 0.562. The smallest absolute Gasteiger partial charge is 0.181 e. The van der Waals surface area contributed by atoms with Crippen molar-refractivity contribution >= 4 is 5.78 Å². The van der Waals surface area contributed by atoms with Crippen molar-refractivity contribution in [3.05, 3.63) is 24.3 Å². The molecule has 1 aliphatic rings. The Labute approximate surface area is 83.6 Å². The molecule has 1 aromatic rings. The third kappa shape index (κ3) is 2.16. The Kier molecular flexibility index (Phi) is 2.87. The summed E-state index contributed by atoms with van der Waals surface area (Å²) in [7, 11) is 0. The van der Waals surface area contributed by atoms with Gasteiger partial charge in [-0.1, -0.05) is 25.7 Å². The maximum atomic E-state index is 11.7. The molecule has 0 saturated heterocycles. The third-order valence-electron chi connectivity index (χ3n) is 2.82. The summed E-state index contributed by atoms with van der Waals surface area (Å²) in [6, 6.07) is 1.69. The molecule has 0 spiro atoms. The van der Waals surface area contributed by atoms with Crippen molar-refractivity contribution in [1.29, 1.82) is 0 Å². The quantitative estimate of drug-likeness (QED) is 0.686. The molecule has 0 aliphatic heterocycles. The molecular weight excluding hydrogens is 176 g/mol. The van der Waals surface area contributed by atoms with Gasteiger partial charge < -0.3 is 0 Å². The van der Waals surface area contributed by atoms with Crippen LogP contribution in [0.25, 0.3) is 0 Å². The van der Waals surface area contributed by atoms with Crippen LogP contribution in [0.3, 0.4) is 0 Å². The van der Waals surface area contributed by atoms with Gasteiger partial charge in [0.15, 0.2) is 5.78 Å². The summed E-state index contributed by atoms with van der Waals surface area (Å²) in [5.74, 6) is 0.761. The Morgan fingerprint density at radius 2 is 2.21 bits per heavy atom. The van der Waals surface area contributed by atoms with Gasteiger partial charge in [-0.3, -0.25) is 4.79 Å². The predicted molar refractivity (Wildman–Crippen MR) is 52.9 cm³/mol. The summed E-state index contributed by atoms with van der Waals surface area (Å²) < 4.78 is 0. The number of hydrogen-bond donors (Lipinski definition) is 0. The Bertz CT molecular complexity index is 304. The highest BCUT2D eigenvalue weighted by Crippen LogP contribution is 2.28. The van der Waals surface area contributed by atoms with Crippen molar-refractivity contribution < 1.29 is 4.79 Å². The summed E-state index contributed by atoms with van der Waals surface area (Å²) in [5, 5.41) is 0. The molecule has 1 saturated carbocycles. The maximum absolute atomic E-state index is 11.7. The monoisotopic (exact) mass is 190 g/mol.